The maximum Gasteiger partial charge on any atom is 0.246 e. The quantitative estimate of drug-likeness (QED) is 0.621. The Hall–Kier alpha value is -2.54. The maximum atomic E-state index is 12.4. The molecule has 3 aromatic rings. The standard InChI is InChI=1S/C19H20BrN5O/c1-3-14-8-10-15(11-9-14)12-24(2)18(26)13-25-22-19(21-23-25)16-6-4-5-7-17(16)20/h4-11H,3,12-13H2,1-2H3. The van der Waals surface area contributed by atoms with Crippen LogP contribution >= 0.6 is 15.9 Å². The van der Waals surface area contributed by atoms with Crippen molar-refractivity contribution < 1.29 is 4.79 Å². The van der Waals surface area contributed by atoms with E-state index in [9.17, 15) is 4.79 Å². The van der Waals surface area contributed by atoms with Gasteiger partial charge in [-0.2, -0.15) is 4.80 Å². The van der Waals surface area contributed by atoms with Crippen LogP contribution < -0.4 is 0 Å². The van der Waals surface area contributed by atoms with Crippen molar-refractivity contribution in [3.63, 3.8) is 0 Å². The van der Waals surface area contributed by atoms with Gasteiger partial charge in [-0.3, -0.25) is 4.79 Å². The summed E-state index contributed by atoms with van der Waals surface area (Å²) in [7, 11) is 1.78. The number of hydrogen-bond acceptors (Lipinski definition) is 4. The van der Waals surface area contributed by atoms with Crippen molar-refractivity contribution in [2.24, 2.45) is 0 Å². The minimum Gasteiger partial charge on any atom is -0.340 e. The molecule has 0 saturated carbocycles. The Bertz CT molecular complexity index is 891. The van der Waals surface area contributed by atoms with Crippen molar-refractivity contribution in [1.82, 2.24) is 25.1 Å². The third-order valence-corrected chi connectivity index (χ3v) is 4.81. The molecule has 134 valence electrons. The highest BCUT2D eigenvalue weighted by Gasteiger charge is 2.14. The highest BCUT2D eigenvalue weighted by molar-refractivity contribution is 9.10. The van der Waals surface area contributed by atoms with Gasteiger partial charge in [-0.1, -0.05) is 59.3 Å². The van der Waals surface area contributed by atoms with E-state index in [4.69, 9.17) is 0 Å². The number of carbonyl (C=O) groups is 1. The Kier molecular flexibility index (Phi) is 5.78. The largest absolute Gasteiger partial charge is 0.340 e. The number of nitrogens with zero attached hydrogens (tertiary/aromatic N) is 5. The van der Waals surface area contributed by atoms with Gasteiger partial charge in [-0.15, -0.1) is 10.2 Å². The number of hydrogen-bond donors (Lipinski definition) is 0. The Balaban J connectivity index is 1.63. The average molecular weight is 414 g/mol. The summed E-state index contributed by atoms with van der Waals surface area (Å²) in [5.41, 5.74) is 3.23. The van der Waals surface area contributed by atoms with Gasteiger partial charge in [0.15, 0.2) is 0 Å². The summed E-state index contributed by atoms with van der Waals surface area (Å²) < 4.78 is 0.888. The third-order valence-electron chi connectivity index (χ3n) is 4.12. The van der Waals surface area contributed by atoms with Gasteiger partial charge in [0.2, 0.25) is 11.7 Å². The lowest BCUT2D eigenvalue weighted by Crippen LogP contribution is -2.30. The molecule has 1 amide bonds. The topological polar surface area (TPSA) is 63.9 Å². The third kappa shape index (κ3) is 4.35. The zero-order chi connectivity index (χ0) is 18.5. The molecule has 0 fully saturated rings. The van der Waals surface area contributed by atoms with E-state index in [1.165, 1.54) is 10.4 Å². The molecule has 0 unspecified atom stereocenters. The molecule has 2 aromatic carbocycles. The first-order valence-corrected chi connectivity index (χ1v) is 9.20. The number of likely N-dealkylation sites (N-methyl/N-ethyl adjacent to an activating group) is 1. The summed E-state index contributed by atoms with van der Waals surface area (Å²) in [6.07, 6.45) is 1.01. The van der Waals surface area contributed by atoms with Crippen LogP contribution in [0.3, 0.4) is 0 Å². The molecule has 0 atom stereocenters. The van der Waals surface area contributed by atoms with Crippen molar-refractivity contribution in [1.29, 1.82) is 0 Å². The molecular formula is C19H20BrN5O. The maximum absolute atomic E-state index is 12.4. The predicted octanol–water partition coefficient (Wildman–Crippen LogP) is 3.32. The number of amides is 1. The van der Waals surface area contributed by atoms with Gasteiger partial charge in [0, 0.05) is 23.6 Å². The molecule has 1 aromatic heterocycles. The Morgan fingerprint density at radius 1 is 1.12 bits per heavy atom. The normalized spacial score (nSPS) is 10.7. The number of benzene rings is 2. The molecule has 1 heterocycles. The van der Waals surface area contributed by atoms with Crippen LogP contribution in [0.25, 0.3) is 11.4 Å². The lowest BCUT2D eigenvalue weighted by molar-refractivity contribution is -0.131. The molecule has 0 aliphatic carbocycles. The van der Waals surface area contributed by atoms with Crippen molar-refractivity contribution in [3.05, 3.63) is 64.1 Å². The molecule has 0 spiro atoms. The second kappa shape index (κ2) is 8.23. The molecule has 0 aliphatic rings. The Morgan fingerprint density at radius 3 is 2.50 bits per heavy atom. The number of aromatic nitrogens is 4. The average Bonchev–Trinajstić information content (AvgIpc) is 3.11. The molecular weight excluding hydrogens is 394 g/mol. The highest BCUT2D eigenvalue weighted by atomic mass is 79.9. The summed E-state index contributed by atoms with van der Waals surface area (Å²) in [5, 5.41) is 12.3. The lowest BCUT2D eigenvalue weighted by Gasteiger charge is -2.17. The summed E-state index contributed by atoms with van der Waals surface area (Å²) in [6.45, 7) is 2.73. The summed E-state index contributed by atoms with van der Waals surface area (Å²) in [5.74, 6) is 0.420. The Labute approximate surface area is 161 Å². The van der Waals surface area contributed by atoms with Crippen LogP contribution in [0.1, 0.15) is 18.1 Å². The van der Waals surface area contributed by atoms with E-state index in [0.29, 0.717) is 12.4 Å². The minimum atomic E-state index is -0.0688. The number of carbonyl (C=O) groups excluding carboxylic acids is 1. The molecule has 7 heteroatoms. The minimum absolute atomic E-state index is 0.0565. The van der Waals surface area contributed by atoms with Gasteiger partial charge < -0.3 is 4.90 Å². The van der Waals surface area contributed by atoms with Crippen molar-refractivity contribution in [2.75, 3.05) is 7.05 Å². The van der Waals surface area contributed by atoms with Crippen LogP contribution in [0.5, 0.6) is 0 Å². The Morgan fingerprint density at radius 2 is 1.81 bits per heavy atom. The zero-order valence-electron chi connectivity index (χ0n) is 14.8. The van der Waals surface area contributed by atoms with Crippen LogP contribution in [0.15, 0.2) is 53.0 Å². The van der Waals surface area contributed by atoms with Crippen LogP contribution in [0.4, 0.5) is 0 Å². The smallest absolute Gasteiger partial charge is 0.246 e. The predicted molar refractivity (Wildman–Crippen MR) is 103 cm³/mol. The van der Waals surface area contributed by atoms with Crippen LogP contribution in [-0.2, 0) is 24.3 Å². The van der Waals surface area contributed by atoms with Crippen molar-refractivity contribution in [2.45, 2.75) is 26.4 Å². The summed E-state index contributed by atoms with van der Waals surface area (Å²) in [6, 6.07) is 15.9. The first-order chi connectivity index (χ1) is 12.6. The molecule has 0 saturated heterocycles. The van der Waals surface area contributed by atoms with E-state index in [0.717, 1.165) is 22.0 Å². The molecule has 0 N–H and O–H groups in total. The van der Waals surface area contributed by atoms with E-state index >= 15 is 0 Å². The molecule has 3 rings (SSSR count). The van der Waals surface area contributed by atoms with Gasteiger partial charge >= 0.3 is 0 Å². The van der Waals surface area contributed by atoms with E-state index in [-0.39, 0.29) is 12.5 Å². The van der Waals surface area contributed by atoms with Gasteiger partial charge in [0.05, 0.1) is 0 Å². The van der Waals surface area contributed by atoms with Crippen LogP contribution in [-0.4, -0.2) is 38.1 Å². The number of rotatable bonds is 6. The molecule has 0 radical (unpaired) electrons. The van der Waals surface area contributed by atoms with Gasteiger partial charge in [-0.05, 0) is 34.9 Å². The molecule has 0 bridgehead atoms. The van der Waals surface area contributed by atoms with Gasteiger partial charge in [0.25, 0.3) is 0 Å². The summed E-state index contributed by atoms with van der Waals surface area (Å²) in [4.78, 5) is 15.4. The number of tetrazole rings is 1. The first kappa shape index (κ1) is 18.3. The SMILES string of the molecule is CCc1ccc(CN(C)C(=O)Cn2nnc(-c3ccccc3Br)n2)cc1. The van der Waals surface area contributed by atoms with Crippen LogP contribution in [0.2, 0.25) is 0 Å². The first-order valence-electron chi connectivity index (χ1n) is 8.41. The van der Waals surface area contributed by atoms with E-state index in [1.54, 1.807) is 11.9 Å². The monoisotopic (exact) mass is 413 g/mol. The molecule has 0 aliphatic heterocycles. The highest BCUT2D eigenvalue weighted by Crippen LogP contribution is 2.24. The second-order valence-corrected chi connectivity index (χ2v) is 6.90. The van der Waals surface area contributed by atoms with E-state index in [1.807, 2.05) is 24.3 Å². The zero-order valence-corrected chi connectivity index (χ0v) is 16.3. The second-order valence-electron chi connectivity index (χ2n) is 6.04. The fourth-order valence-corrected chi connectivity index (χ4v) is 3.01. The van der Waals surface area contributed by atoms with Crippen molar-refractivity contribution in [3.8, 4) is 11.4 Å². The summed E-state index contributed by atoms with van der Waals surface area (Å²) >= 11 is 3.47. The number of halogens is 1. The lowest BCUT2D eigenvalue weighted by atomic mass is 10.1. The van der Waals surface area contributed by atoms with Crippen LogP contribution in [0, 0.1) is 0 Å². The number of aryl methyl sites for hydroxylation is 1. The van der Waals surface area contributed by atoms with E-state index in [2.05, 4.69) is 62.5 Å². The van der Waals surface area contributed by atoms with Gasteiger partial charge in [-0.25, -0.2) is 0 Å². The fourth-order valence-electron chi connectivity index (χ4n) is 2.54. The van der Waals surface area contributed by atoms with E-state index < -0.39 is 0 Å². The fraction of sp³-hybridized carbons (Fsp3) is 0.263. The van der Waals surface area contributed by atoms with Gasteiger partial charge in [0.1, 0.15) is 6.54 Å². The van der Waals surface area contributed by atoms with Crippen molar-refractivity contribution >= 4 is 21.8 Å². The molecule has 26 heavy (non-hydrogen) atoms. The molecule has 6 nitrogen and oxygen atoms in total.